The molecule has 2 rings (SSSR count). The summed E-state index contributed by atoms with van der Waals surface area (Å²) >= 11 is 0. The maximum Gasteiger partial charge on any atom is 0.00940 e. The summed E-state index contributed by atoms with van der Waals surface area (Å²) in [5, 5.41) is 3.69. The van der Waals surface area contributed by atoms with Gasteiger partial charge in [0.05, 0.1) is 0 Å². The fourth-order valence-corrected chi connectivity index (χ4v) is 3.53. The van der Waals surface area contributed by atoms with E-state index in [4.69, 9.17) is 0 Å². The van der Waals surface area contributed by atoms with E-state index in [1.807, 2.05) is 0 Å². The molecule has 3 unspecified atom stereocenters. The molecule has 2 saturated heterocycles. The van der Waals surface area contributed by atoms with Gasteiger partial charge in [-0.3, -0.25) is 0 Å². The van der Waals surface area contributed by atoms with Crippen molar-refractivity contribution < 1.29 is 0 Å². The summed E-state index contributed by atoms with van der Waals surface area (Å²) in [7, 11) is 2.25. The number of rotatable bonds is 5. The number of likely N-dealkylation sites (tertiary alicyclic amines) is 2. The zero-order chi connectivity index (χ0) is 13.0. The second kappa shape index (κ2) is 6.88. The Morgan fingerprint density at radius 1 is 1.22 bits per heavy atom. The van der Waals surface area contributed by atoms with Gasteiger partial charge in [-0.2, -0.15) is 0 Å². The molecule has 2 fully saturated rings. The standard InChI is InChI=1S/C15H31N3/c1-4-7-16-15-6-9-18(13(2)10-15)12-14-5-8-17(3)11-14/h13-16H,4-12H2,1-3H3. The van der Waals surface area contributed by atoms with Gasteiger partial charge in [0.2, 0.25) is 0 Å². The van der Waals surface area contributed by atoms with Crippen molar-refractivity contribution in [1.29, 1.82) is 0 Å². The van der Waals surface area contributed by atoms with Crippen LogP contribution in [0.1, 0.15) is 39.5 Å². The van der Waals surface area contributed by atoms with Crippen LogP contribution in [-0.2, 0) is 0 Å². The third-order valence-electron chi connectivity index (χ3n) is 4.68. The van der Waals surface area contributed by atoms with Gasteiger partial charge in [-0.05, 0) is 65.2 Å². The summed E-state index contributed by atoms with van der Waals surface area (Å²) in [5.74, 6) is 0.914. The van der Waals surface area contributed by atoms with Gasteiger partial charge in [-0.1, -0.05) is 6.92 Å². The zero-order valence-corrected chi connectivity index (χ0v) is 12.5. The lowest BCUT2D eigenvalue weighted by molar-refractivity contribution is 0.117. The van der Waals surface area contributed by atoms with E-state index >= 15 is 0 Å². The minimum atomic E-state index is 0.763. The van der Waals surface area contributed by atoms with Crippen LogP contribution in [0.4, 0.5) is 0 Å². The topological polar surface area (TPSA) is 18.5 Å². The molecule has 0 spiro atoms. The molecule has 0 aromatic heterocycles. The molecule has 3 heteroatoms. The Kier molecular flexibility index (Phi) is 5.46. The monoisotopic (exact) mass is 253 g/mol. The predicted molar refractivity (Wildman–Crippen MR) is 78.0 cm³/mol. The maximum atomic E-state index is 3.69. The quantitative estimate of drug-likeness (QED) is 0.806. The minimum Gasteiger partial charge on any atom is -0.314 e. The van der Waals surface area contributed by atoms with Crippen molar-refractivity contribution in [2.45, 2.75) is 51.6 Å². The highest BCUT2D eigenvalue weighted by molar-refractivity contribution is 4.85. The van der Waals surface area contributed by atoms with Crippen LogP contribution >= 0.6 is 0 Å². The number of nitrogens with one attached hydrogen (secondary N) is 1. The first-order valence-corrected chi connectivity index (χ1v) is 7.85. The molecule has 106 valence electrons. The summed E-state index contributed by atoms with van der Waals surface area (Å²) in [6, 6.07) is 1.53. The number of hydrogen-bond donors (Lipinski definition) is 1. The Labute approximate surface area is 113 Å². The Morgan fingerprint density at radius 3 is 2.67 bits per heavy atom. The van der Waals surface area contributed by atoms with Gasteiger partial charge in [0, 0.05) is 25.2 Å². The molecule has 2 aliphatic rings. The highest BCUT2D eigenvalue weighted by Crippen LogP contribution is 2.22. The van der Waals surface area contributed by atoms with Crippen LogP contribution < -0.4 is 5.32 Å². The molecule has 3 atom stereocenters. The normalized spacial score (nSPS) is 35.2. The van der Waals surface area contributed by atoms with Crippen LogP contribution in [0.15, 0.2) is 0 Å². The molecule has 0 aliphatic carbocycles. The molecule has 0 amide bonds. The zero-order valence-electron chi connectivity index (χ0n) is 12.5. The van der Waals surface area contributed by atoms with Crippen molar-refractivity contribution in [3.63, 3.8) is 0 Å². The first kappa shape index (κ1) is 14.3. The molecule has 0 saturated carbocycles. The van der Waals surface area contributed by atoms with Gasteiger partial charge >= 0.3 is 0 Å². The van der Waals surface area contributed by atoms with E-state index in [1.165, 1.54) is 58.4 Å². The molecule has 0 aromatic carbocycles. The predicted octanol–water partition coefficient (Wildman–Crippen LogP) is 1.79. The van der Waals surface area contributed by atoms with Crippen molar-refractivity contribution in [2.24, 2.45) is 5.92 Å². The maximum absolute atomic E-state index is 3.69. The SMILES string of the molecule is CCCNC1CCN(CC2CCN(C)C2)C(C)C1. The van der Waals surface area contributed by atoms with E-state index in [9.17, 15) is 0 Å². The molecule has 2 aliphatic heterocycles. The Morgan fingerprint density at radius 2 is 2.06 bits per heavy atom. The smallest absolute Gasteiger partial charge is 0.00940 e. The lowest BCUT2D eigenvalue weighted by atomic mass is 9.96. The molecule has 0 aromatic rings. The van der Waals surface area contributed by atoms with Crippen LogP contribution in [0.3, 0.4) is 0 Å². The molecular weight excluding hydrogens is 222 g/mol. The molecule has 0 bridgehead atoms. The first-order chi connectivity index (χ1) is 8.69. The van der Waals surface area contributed by atoms with Crippen molar-refractivity contribution in [2.75, 3.05) is 39.8 Å². The average molecular weight is 253 g/mol. The average Bonchev–Trinajstić information content (AvgIpc) is 2.75. The lowest BCUT2D eigenvalue weighted by Crippen LogP contribution is -2.49. The molecule has 18 heavy (non-hydrogen) atoms. The van der Waals surface area contributed by atoms with Crippen LogP contribution in [0.5, 0.6) is 0 Å². The molecular formula is C15H31N3. The largest absolute Gasteiger partial charge is 0.314 e. The van der Waals surface area contributed by atoms with Crippen LogP contribution in [0.25, 0.3) is 0 Å². The fourth-order valence-electron chi connectivity index (χ4n) is 3.53. The van der Waals surface area contributed by atoms with E-state index in [2.05, 4.69) is 36.0 Å². The number of nitrogens with zero attached hydrogens (tertiary/aromatic N) is 2. The first-order valence-electron chi connectivity index (χ1n) is 7.85. The lowest BCUT2D eigenvalue weighted by Gasteiger charge is -2.39. The highest BCUT2D eigenvalue weighted by atomic mass is 15.2. The van der Waals surface area contributed by atoms with Crippen molar-refractivity contribution in [3.05, 3.63) is 0 Å². The Bertz CT molecular complexity index is 244. The summed E-state index contributed by atoms with van der Waals surface area (Å²) < 4.78 is 0. The van der Waals surface area contributed by atoms with Crippen LogP contribution in [0, 0.1) is 5.92 Å². The minimum absolute atomic E-state index is 0.763. The molecule has 0 radical (unpaired) electrons. The van der Waals surface area contributed by atoms with Gasteiger partial charge in [0.25, 0.3) is 0 Å². The van der Waals surface area contributed by atoms with Crippen molar-refractivity contribution in [1.82, 2.24) is 15.1 Å². The van der Waals surface area contributed by atoms with E-state index in [1.54, 1.807) is 0 Å². The third kappa shape index (κ3) is 3.94. The molecule has 3 nitrogen and oxygen atoms in total. The second-order valence-corrected chi connectivity index (χ2v) is 6.44. The Balaban J connectivity index is 1.72. The highest BCUT2D eigenvalue weighted by Gasteiger charge is 2.28. The molecule has 1 N–H and O–H groups in total. The number of piperidine rings is 1. The fraction of sp³-hybridized carbons (Fsp3) is 1.00. The van der Waals surface area contributed by atoms with Crippen molar-refractivity contribution in [3.8, 4) is 0 Å². The summed E-state index contributed by atoms with van der Waals surface area (Å²) in [6.45, 7) is 11.1. The van der Waals surface area contributed by atoms with Crippen LogP contribution in [-0.4, -0.2) is 61.7 Å². The second-order valence-electron chi connectivity index (χ2n) is 6.44. The van der Waals surface area contributed by atoms with Gasteiger partial charge in [0.15, 0.2) is 0 Å². The van der Waals surface area contributed by atoms with E-state index in [0.29, 0.717) is 0 Å². The third-order valence-corrected chi connectivity index (χ3v) is 4.68. The number of hydrogen-bond acceptors (Lipinski definition) is 3. The Hall–Kier alpha value is -0.120. The van der Waals surface area contributed by atoms with E-state index in [-0.39, 0.29) is 0 Å². The van der Waals surface area contributed by atoms with Crippen LogP contribution in [0.2, 0.25) is 0 Å². The van der Waals surface area contributed by atoms with Gasteiger partial charge in [0.1, 0.15) is 0 Å². The summed E-state index contributed by atoms with van der Waals surface area (Å²) in [6.07, 6.45) is 5.33. The van der Waals surface area contributed by atoms with E-state index < -0.39 is 0 Å². The van der Waals surface area contributed by atoms with Gasteiger partial charge in [-0.15, -0.1) is 0 Å². The molecule has 2 heterocycles. The van der Waals surface area contributed by atoms with Gasteiger partial charge < -0.3 is 15.1 Å². The summed E-state index contributed by atoms with van der Waals surface area (Å²) in [4.78, 5) is 5.21. The summed E-state index contributed by atoms with van der Waals surface area (Å²) in [5.41, 5.74) is 0. The van der Waals surface area contributed by atoms with Gasteiger partial charge in [-0.25, -0.2) is 0 Å². The van der Waals surface area contributed by atoms with Crippen molar-refractivity contribution >= 4 is 0 Å². The van der Waals surface area contributed by atoms with E-state index in [0.717, 1.165) is 18.0 Å².